The smallest absolute Gasteiger partial charge is 0.131 e. The Labute approximate surface area is 142 Å². The number of allylic oxidation sites excluding steroid dienone is 1. The third-order valence-corrected chi connectivity index (χ3v) is 7.05. The summed E-state index contributed by atoms with van der Waals surface area (Å²) < 4.78 is 2.10. The molecule has 24 heavy (non-hydrogen) atoms. The maximum absolute atomic E-state index is 14.0. The Hall–Kier alpha value is -1.62. The minimum atomic E-state index is -0.154. The Bertz CT molecular complexity index is 868. The van der Waals surface area contributed by atoms with Crippen LogP contribution in [0.4, 0.5) is 0 Å². The number of aryl methyl sites for hydroxylation is 1. The summed E-state index contributed by atoms with van der Waals surface area (Å²) in [4.78, 5) is 0. The van der Waals surface area contributed by atoms with Crippen molar-refractivity contribution in [2.45, 2.75) is 31.8 Å². The number of hydrogen-bond donors (Lipinski definition) is 1. The van der Waals surface area contributed by atoms with Crippen LogP contribution in [-0.4, -0.2) is 33.5 Å². The molecule has 4 nitrogen and oxygen atoms in total. The topological polar surface area (TPSA) is 48.2 Å². The van der Waals surface area contributed by atoms with Gasteiger partial charge in [-0.05, 0) is 24.1 Å². The molecule has 4 bridgehead atoms. The average Bonchev–Trinajstić information content (AvgIpc) is 2.86. The second kappa shape index (κ2) is 4.72. The summed E-state index contributed by atoms with van der Waals surface area (Å²) in [6.45, 7) is 2.77. The molecule has 5 atom stereocenters. The average molecular weight is 324 g/mol. The third kappa shape index (κ3) is 1.55. The van der Waals surface area contributed by atoms with Crippen LogP contribution in [0, 0.1) is 17.0 Å². The molecule has 3 saturated heterocycles. The maximum atomic E-state index is 14.0. The zero-order valence-corrected chi connectivity index (χ0v) is 14.3. The third-order valence-electron chi connectivity index (χ3n) is 7.05. The molecular weight excluding hydrogens is 300 g/mol. The zero-order valence-electron chi connectivity index (χ0n) is 14.3. The molecule has 3 fully saturated rings. The number of nitrogens with zero attached hydrogens (tertiary/aromatic N) is 2. The minimum absolute atomic E-state index is 0.000700. The maximum Gasteiger partial charge on any atom is 0.131 e. The van der Waals surface area contributed by atoms with Crippen molar-refractivity contribution in [1.82, 2.24) is 4.57 Å². The first-order valence-electron chi connectivity index (χ1n) is 9.00. The molecule has 2 aromatic rings. The predicted molar refractivity (Wildman–Crippen MR) is 94.1 cm³/mol. The number of quaternary nitrogens is 1. The molecule has 5 heterocycles. The molecule has 4 aliphatic heterocycles. The molecule has 1 aromatic heterocycles. The van der Waals surface area contributed by atoms with E-state index in [4.69, 9.17) is 0 Å². The zero-order chi connectivity index (χ0) is 16.6. The molecule has 0 spiro atoms. The fraction of sp³-hybridized carbons (Fsp3) is 0.500. The van der Waals surface area contributed by atoms with Crippen LogP contribution in [0.1, 0.15) is 30.6 Å². The van der Waals surface area contributed by atoms with E-state index < -0.39 is 0 Å². The van der Waals surface area contributed by atoms with Crippen molar-refractivity contribution in [2.24, 2.45) is 18.9 Å². The molecule has 0 saturated carbocycles. The standard InChI is InChI=1S/C20H24N2O2/c1-3-12-10-22(24)18-9-15-13-6-4-5-7-17(13)21(2)20(15)19(22)8-14(12)16(18)11-23/h3-7,14,16,18-19,23H,8-11H2,1-2H3/b12-3-/t14-,16+,18-,19-,22?/m0/s1. The number of aliphatic hydroxyl groups is 1. The van der Waals surface area contributed by atoms with Crippen molar-refractivity contribution in [3.05, 3.63) is 52.4 Å². The molecular formula is C20H24N2O2. The molecule has 1 N–H and O–H groups in total. The van der Waals surface area contributed by atoms with E-state index >= 15 is 0 Å². The second-order valence-corrected chi connectivity index (χ2v) is 7.79. The van der Waals surface area contributed by atoms with Crippen LogP contribution in [0.25, 0.3) is 10.9 Å². The highest BCUT2D eigenvalue weighted by atomic mass is 16.6. The number of piperidine rings is 3. The molecule has 4 aliphatic rings. The van der Waals surface area contributed by atoms with Gasteiger partial charge in [-0.2, -0.15) is 0 Å². The van der Waals surface area contributed by atoms with Gasteiger partial charge in [0.05, 0.1) is 18.3 Å². The van der Waals surface area contributed by atoms with Gasteiger partial charge in [0.2, 0.25) is 0 Å². The lowest BCUT2D eigenvalue weighted by Gasteiger charge is -2.67. The van der Waals surface area contributed by atoms with Crippen molar-refractivity contribution < 1.29 is 9.75 Å². The lowest BCUT2D eigenvalue weighted by molar-refractivity contribution is -0.952. The Morgan fingerprint density at radius 3 is 2.92 bits per heavy atom. The molecule has 1 unspecified atom stereocenters. The van der Waals surface area contributed by atoms with Gasteiger partial charge >= 0.3 is 0 Å². The van der Waals surface area contributed by atoms with Crippen LogP contribution in [0.15, 0.2) is 35.9 Å². The first kappa shape index (κ1) is 14.7. The van der Waals surface area contributed by atoms with Gasteiger partial charge in [-0.25, -0.2) is 0 Å². The van der Waals surface area contributed by atoms with E-state index in [0.29, 0.717) is 12.5 Å². The van der Waals surface area contributed by atoms with Crippen molar-refractivity contribution >= 4 is 10.9 Å². The van der Waals surface area contributed by atoms with Crippen LogP contribution in [0.3, 0.4) is 0 Å². The highest BCUT2D eigenvalue weighted by molar-refractivity contribution is 5.86. The molecule has 126 valence electrons. The van der Waals surface area contributed by atoms with Crippen molar-refractivity contribution in [2.75, 3.05) is 13.2 Å². The minimum Gasteiger partial charge on any atom is -0.632 e. The van der Waals surface area contributed by atoms with Gasteiger partial charge in [-0.3, -0.25) is 0 Å². The number of hydroxylamine groups is 3. The monoisotopic (exact) mass is 324 g/mol. The molecule has 6 rings (SSSR count). The highest BCUT2D eigenvalue weighted by Crippen LogP contribution is 2.58. The number of hydrogen-bond acceptors (Lipinski definition) is 2. The number of aromatic nitrogens is 1. The second-order valence-electron chi connectivity index (χ2n) is 7.79. The molecule has 0 amide bonds. The van der Waals surface area contributed by atoms with E-state index in [0.717, 1.165) is 12.8 Å². The number of para-hydroxylation sites is 1. The quantitative estimate of drug-likeness (QED) is 0.498. The number of fused-ring (bicyclic) bond motifs is 4. The molecule has 4 heteroatoms. The van der Waals surface area contributed by atoms with Crippen molar-refractivity contribution in [3.63, 3.8) is 0 Å². The lowest BCUT2D eigenvalue weighted by Crippen LogP contribution is -2.69. The summed E-state index contributed by atoms with van der Waals surface area (Å²) >= 11 is 0. The van der Waals surface area contributed by atoms with E-state index in [1.807, 2.05) is 6.92 Å². The van der Waals surface area contributed by atoms with E-state index in [1.165, 1.54) is 27.7 Å². The molecule has 0 aliphatic carbocycles. The Morgan fingerprint density at radius 1 is 1.38 bits per heavy atom. The van der Waals surface area contributed by atoms with Gasteiger partial charge in [0.1, 0.15) is 12.6 Å². The van der Waals surface area contributed by atoms with Crippen LogP contribution < -0.4 is 0 Å². The van der Waals surface area contributed by atoms with E-state index in [9.17, 15) is 10.3 Å². The first-order chi connectivity index (χ1) is 11.6. The number of benzene rings is 1. The Kier molecular flexibility index (Phi) is 2.89. The fourth-order valence-corrected chi connectivity index (χ4v) is 5.99. The number of aliphatic hydroxyl groups excluding tert-OH is 1. The van der Waals surface area contributed by atoms with Gasteiger partial charge in [0.15, 0.2) is 0 Å². The van der Waals surface area contributed by atoms with E-state index in [2.05, 4.69) is 42.0 Å². The Morgan fingerprint density at radius 2 is 2.17 bits per heavy atom. The van der Waals surface area contributed by atoms with Gasteiger partial charge in [0, 0.05) is 42.6 Å². The highest BCUT2D eigenvalue weighted by Gasteiger charge is 2.60. The van der Waals surface area contributed by atoms with Gasteiger partial charge < -0.3 is 19.5 Å². The van der Waals surface area contributed by atoms with Crippen LogP contribution in [0.2, 0.25) is 0 Å². The first-order valence-corrected chi connectivity index (χ1v) is 9.00. The van der Waals surface area contributed by atoms with E-state index in [1.54, 1.807) is 0 Å². The number of rotatable bonds is 1. The van der Waals surface area contributed by atoms with Gasteiger partial charge in [0.25, 0.3) is 0 Å². The van der Waals surface area contributed by atoms with Crippen LogP contribution in [-0.2, 0) is 13.5 Å². The molecule has 1 aromatic carbocycles. The Balaban J connectivity index is 1.77. The van der Waals surface area contributed by atoms with Gasteiger partial charge in [-0.15, -0.1) is 0 Å². The summed E-state index contributed by atoms with van der Waals surface area (Å²) in [6, 6.07) is 8.52. The lowest BCUT2D eigenvalue weighted by atomic mass is 9.63. The summed E-state index contributed by atoms with van der Waals surface area (Å²) in [7, 11) is 2.11. The van der Waals surface area contributed by atoms with Crippen molar-refractivity contribution in [3.8, 4) is 0 Å². The predicted octanol–water partition coefficient (Wildman–Crippen LogP) is 3.05. The summed E-state index contributed by atoms with van der Waals surface area (Å²) in [5.74, 6) is 0.473. The molecule has 0 radical (unpaired) electrons. The summed E-state index contributed by atoms with van der Waals surface area (Å²) in [5, 5.41) is 25.3. The summed E-state index contributed by atoms with van der Waals surface area (Å²) in [6.07, 6.45) is 3.80. The van der Waals surface area contributed by atoms with Crippen molar-refractivity contribution in [1.29, 1.82) is 0 Å². The SMILES string of the molecule is C/C=C1/C[N+]2([O-])[C@H]3C[C@@H]1[C@@H](CO)[C@@H]2Cc1c3n(C)c2ccccc12. The summed E-state index contributed by atoms with van der Waals surface area (Å²) in [5.41, 5.74) is 5.09. The van der Waals surface area contributed by atoms with Crippen LogP contribution in [0.5, 0.6) is 0 Å². The van der Waals surface area contributed by atoms with Crippen LogP contribution >= 0.6 is 0 Å². The van der Waals surface area contributed by atoms with Gasteiger partial charge in [-0.1, -0.05) is 24.3 Å². The fourth-order valence-electron chi connectivity index (χ4n) is 5.99. The van der Waals surface area contributed by atoms with E-state index in [-0.39, 0.29) is 29.3 Å². The normalized spacial score (nSPS) is 38.8. The largest absolute Gasteiger partial charge is 0.632 e.